The van der Waals surface area contributed by atoms with Crippen LogP contribution in [0.25, 0.3) is 11.3 Å². The smallest absolute Gasteiger partial charge is 0.321 e. The molecule has 24 heavy (non-hydrogen) atoms. The lowest BCUT2D eigenvalue weighted by Gasteiger charge is -2.26. The summed E-state index contributed by atoms with van der Waals surface area (Å²) >= 11 is 1.43. The molecule has 1 aliphatic rings. The van der Waals surface area contributed by atoms with Crippen molar-refractivity contribution >= 4 is 22.5 Å². The maximum absolute atomic E-state index is 11.9. The number of amides is 2. The van der Waals surface area contributed by atoms with Crippen LogP contribution >= 0.6 is 11.3 Å². The third kappa shape index (κ3) is 4.77. The quantitative estimate of drug-likeness (QED) is 0.873. The lowest BCUT2D eigenvalue weighted by atomic mass is 10.1. The van der Waals surface area contributed by atoms with Crippen molar-refractivity contribution in [1.29, 1.82) is 0 Å². The molecule has 0 atom stereocenters. The van der Waals surface area contributed by atoms with Gasteiger partial charge in [-0.3, -0.25) is 10.2 Å². The Morgan fingerprint density at radius 1 is 1.29 bits per heavy atom. The summed E-state index contributed by atoms with van der Waals surface area (Å²) < 4.78 is 5.30. The van der Waals surface area contributed by atoms with Crippen molar-refractivity contribution in [2.75, 3.05) is 44.7 Å². The minimum absolute atomic E-state index is 0.215. The van der Waals surface area contributed by atoms with E-state index >= 15 is 0 Å². The molecular formula is C17H22N4O2S. The van der Waals surface area contributed by atoms with Gasteiger partial charge in [0, 0.05) is 37.1 Å². The van der Waals surface area contributed by atoms with E-state index in [1.165, 1.54) is 16.9 Å². The molecule has 2 N–H and O–H groups in total. The number of carbonyl (C=O) groups is 1. The van der Waals surface area contributed by atoms with Crippen LogP contribution in [0.3, 0.4) is 0 Å². The Bertz CT molecular complexity index is 665. The number of nitrogens with one attached hydrogen (secondary N) is 2. The van der Waals surface area contributed by atoms with Crippen LogP contribution in [-0.4, -0.2) is 55.3 Å². The van der Waals surface area contributed by atoms with E-state index in [9.17, 15) is 4.79 Å². The molecule has 0 unspecified atom stereocenters. The van der Waals surface area contributed by atoms with E-state index in [2.05, 4.69) is 39.6 Å². The number of aromatic nitrogens is 1. The Balaban J connectivity index is 1.45. The number of aryl methyl sites for hydroxylation is 1. The molecule has 128 valence electrons. The highest BCUT2D eigenvalue weighted by Crippen LogP contribution is 2.24. The van der Waals surface area contributed by atoms with Crippen LogP contribution in [0.2, 0.25) is 0 Å². The number of hydrogen-bond acceptors (Lipinski definition) is 5. The van der Waals surface area contributed by atoms with Gasteiger partial charge in [-0.1, -0.05) is 29.8 Å². The van der Waals surface area contributed by atoms with Crippen LogP contribution in [0, 0.1) is 6.92 Å². The highest BCUT2D eigenvalue weighted by Gasteiger charge is 2.11. The van der Waals surface area contributed by atoms with Gasteiger partial charge in [0.25, 0.3) is 0 Å². The summed E-state index contributed by atoms with van der Waals surface area (Å²) in [5.74, 6) is 0. The van der Waals surface area contributed by atoms with Crippen molar-refractivity contribution in [1.82, 2.24) is 15.2 Å². The SMILES string of the molecule is Cc1ccc(-c2csc(NC(=O)NCCN3CCOCC3)n2)cc1. The Hall–Kier alpha value is -1.96. The van der Waals surface area contributed by atoms with Gasteiger partial charge in [-0.15, -0.1) is 11.3 Å². The number of benzene rings is 1. The average molecular weight is 346 g/mol. The van der Waals surface area contributed by atoms with Gasteiger partial charge >= 0.3 is 6.03 Å². The second-order valence-corrected chi connectivity index (χ2v) is 6.60. The summed E-state index contributed by atoms with van der Waals surface area (Å²) in [5.41, 5.74) is 3.15. The average Bonchev–Trinajstić information content (AvgIpc) is 3.05. The molecule has 0 saturated carbocycles. The molecule has 1 fully saturated rings. The fourth-order valence-corrected chi connectivity index (χ4v) is 3.20. The number of carbonyl (C=O) groups excluding carboxylic acids is 1. The summed E-state index contributed by atoms with van der Waals surface area (Å²) in [5, 5.41) is 8.22. The van der Waals surface area contributed by atoms with Gasteiger partial charge in [0.1, 0.15) is 0 Å². The molecule has 3 rings (SSSR count). The van der Waals surface area contributed by atoms with Crippen molar-refractivity contribution in [2.45, 2.75) is 6.92 Å². The van der Waals surface area contributed by atoms with E-state index in [-0.39, 0.29) is 6.03 Å². The molecule has 2 amide bonds. The second-order valence-electron chi connectivity index (χ2n) is 5.74. The summed E-state index contributed by atoms with van der Waals surface area (Å²) in [7, 11) is 0. The molecule has 0 spiro atoms. The van der Waals surface area contributed by atoms with Crippen molar-refractivity contribution in [3.63, 3.8) is 0 Å². The first-order valence-corrected chi connectivity index (χ1v) is 8.96. The van der Waals surface area contributed by atoms with Crippen molar-refractivity contribution in [3.05, 3.63) is 35.2 Å². The second kappa shape index (κ2) is 8.23. The van der Waals surface area contributed by atoms with Crippen LogP contribution < -0.4 is 10.6 Å². The molecule has 0 bridgehead atoms. The normalized spacial score (nSPS) is 15.2. The maximum Gasteiger partial charge on any atom is 0.321 e. The van der Waals surface area contributed by atoms with Gasteiger partial charge < -0.3 is 10.1 Å². The molecule has 0 radical (unpaired) electrons. The van der Waals surface area contributed by atoms with E-state index in [4.69, 9.17) is 4.74 Å². The summed E-state index contributed by atoms with van der Waals surface area (Å²) in [4.78, 5) is 18.7. The minimum Gasteiger partial charge on any atom is -0.379 e. The van der Waals surface area contributed by atoms with Gasteiger partial charge in [-0.2, -0.15) is 0 Å². The van der Waals surface area contributed by atoms with Crippen molar-refractivity contribution in [2.24, 2.45) is 0 Å². The molecule has 1 aromatic heterocycles. The number of ether oxygens (including phenoxy) is 1. The zero-order chi connectivity index (χ0) is 16.8. The molecule has 1 aromatic carbocycles. The molecule has 1 saturated heterocycles. The monoisotopic (exact) mass is 346 g/mol. The number of hydrogen-bond donors (Lipinski definition) is 2. The highest BCUT2D eigenvalue weighted by molar-refractivity contribution is 7.14. The molecule has 7 heteroatoms. The molecule has 6 nitrogen and oxygen atoms in total. The van der Waals surface area contributed by atoms with E-state index < -0.39 is 0 Å². The van der Waals surface area contributed by atoms with Gasteiger partial charge in [0.15, 0.2) is 5.13 Å². The maximum atomic E-state index is 11.9. The number of anilines is 1. The van der Waals surface area contributed by atoms with Crippen molar-refractivity contribution in [3.8, 4) is 11.3 Å². The van der Waals surface area contributed by atoms with Crippen LogP contribution in [-0.2, 0) is 4.74 Å². The summed E-state index contributed by atoms with van der Waals surface area (Å²) in [6.45, 7) is 6.90. The molecule has 2 heterocycles. The van der Waals surface area contributed by atoms with Gasteiger partial charge in [0.2, 0.25) is 0 Å². The number of urea groups is 1. The first-order chi connectivity index (χ1) is 11.7. The van der Waals surface area contributed by atoms with Crippen LogP contribution in [0.1, 0.15) is 5.56 Å². The number of thiazole rings is 1. The van der Waals surface area contributed by atoms with Crippen molar-refractivity contribution < 1.29 is 9.53 Å². The van der Waals surface area contributed by atoms with Gasteiger partial charge in [-0.25, -0.2) is 9.78 Å². The fourth-order valence-electron chi connectivity index (χ4n) is 2.48. The molecular weight excluding hydrogens is 324 g/mol. The van der Waals surface area contributed by atoms with E-state index in [0.29, 0.717) is 11.7 Å². The predicted octanol–water partition coefficient (Wildman–Crippen LogP) is 2.57. The van der Waals surface area contributed by atoms with Crippen LogP contribution in [0.5, 0.6) is 0 Å². The lowest BCUT2D eigenvalue weighted by molar-refractivity contribution is 0.0388. The zero-order valence-electron chi connectivity index (χ0n) is 13.7. The standard InChI is InChI=1S/C17H22N4O2S/c1-13-2-4-14(5-3-13)15-12-24-17(19-15)20-16(22)18-6-7-21-8-10-23-11-9-21/h2-5,12H,6-11H2,1H3,(H2,18,19,20,22). The number of nitrogens with zero attached hydrogens (tertiary/aromatic N) is 2. The minimum atomic E-state index is -0.215. The van der Waals surface area contributed by atoms with Crippen LogP contribution in [0.15, 0.2) is 29.6 Å². The first kappa shape index (κ1) is 16.9. The Morgan fingerprint density at radius 3 is 2.79 bits per heavy atom. The third-order valence-corrected chi connectivity index (χ3v) is 4.65. The molecule has 2 aromatic rings. The topological polar surface area (TPSA) is 66.5 Å². The Kier molecular flexibility index (Phi) is 5.79. The Morgan fingerprint density at radius 2 is 2.04 bits per heavy atom. The van der Waals surface area contributed by atoms with Crippen LogP contribution in [0.4, 0.5) is 9.93 Å². The van der Waals surface area contributed by atoms with E-state index in [1.54, 1.807) is 0 Å². The summed E-state index contributed by atoms with van der Waals surface area (Å²) in [6.07, 6.45) is 0. The summed E-state index contributed by atoms with van der Waals surface area (Å²) in [6, 6.07) is 7.97. The van der Waals surface area contributed by atoms with E-state index in [1.807, 2.05) is 17.5 Å². The van der Waals surface area contributed by atoms with Gasteiger partial charge in [-0.05, 0) is 6.92 Å². The predicted molar refractivity (Wildman–Crippen MR) is 96.6 cm³/mol. The first-order valence-electron chi connectivity index (χ1n) is 8.08. The zero-order valence-corrected chi connectivity index (χ0v) is 14.6. The molecule has 0 aliphatic carbocycles. The fraction of sp³-hybridized carbons (Fsp3) is 0.412. The van der Waals surface area contributed by atoms with E-state index in [0.717, 1.165) is 44.1 Å². The molecule has 1 aliphatic heterocycles. The lowest BCUT2D eigenvalue weighted by Crippen LogP contribution is -2.42. The largest absolute Gasteiger partial charge is 0.379 e. The number of rotatable bonds is 5. The third-order valence-electron chi connectivity index (χ3n) is 3.89. The number of morpholine rings is 1. The van der Waals surface area contributed by atoms with Gasteiger partial charge in [0.05, 0.1) is 18.9 Å². The Labute approximate surface area is 145 Å². The highest BCUT2D eigenvalue weighted by atomic mass is 32.1.